The second-order valence-electron chi connectivity index (χ2n) is 3.39. The first-order valence-electron chi connectivity index (χ1n) is 5.06. The summed E-state index contributed by atoms with van der Waals surface area (Å²) in [5.74, 6) is -1.62. The number of rotatable bonds is 2. The fourth-order valence-electron chi connectivity index (χ4n) is 1.48. The molecule has 0 spiro atoms. The number of esters is 1. The van der Waals surface area contributed by atoms with Crippen molar-refractivity contribution in [3.8, 4) is 0 Å². The highest BCUT2D eigenvalue weighted by Crippen LogP contribution is 2.24. The van der Waals surface area contributed by atoms with Crippen molar-refractivity contribution in [2.45, 2.75) is 6.92 Å². The van der Waals surface area contributed by atoms with Crippen LogP contribution in [0.25, 0.3) is 0 Å². The zero-order valence-corrected chi connectivity index (χ0v) is 9.07. The second-order valence-corrected chi connectivity index (χ2v) is 3.39. The van der Waals surface area contributed by atoms with Crippen LogP contribution in [-0.4, -0.2) is 18.4 Å². The van der Waals surface area contributed by atoms with Crippen LogP contribution in [0.2, 0.25) is 0 Å². The van der Waals surface area contributed by atoms with Crippen molar-refractivity contribution in [1.82, 2.24) is 5.32 Å². The van der Waals surface area contributed by atoms with Crippen LogP contribution in [0.1, 0.15) is 17.3 Å². The molecule has 1 radical (unpaired) electrons. The van der Waals surface area contributed by atoms with E-state index in [1.807, 2.05) is 0 Å². The number of carbonyl (C=O) groups is 2. The van der Waals surface area contributed by atoms with Gasteiger partial charge in [-0.25, -0.2) is 14.5 Å². The monoisotopic (exact) mass is 234 g/mol. The van der Waals surface area contributed by atoms with Crippen molar-refractivity contribution in [1.29, 1.82) is 0 Å². The molecule has 0 atom stereocenters. The van der Waals surface area contributed by atoms with Gasteiger partial charge in [0.2, 0.25) is 0 Å². The van der Waals surface area contributed by atoms with Gasteiger partial charge in [-0.2, -0.15) is 0 Å². The van der Waals surface area contributed by atoms with Gasteiger partial charge in [0.25, 0.3) is 0 Å². The SMILES string of the molecule is CCOC(=O)C1=CC(=O)c2cc(F)ccc2[N]1. The van der Waals surface area contributed by atoms with Crippen LogP contribution in [0.5, 0.6) is 0 Å². The van der Waals surface area contributed by atoms with Gasteiger partial charge in [-0.05, 0) is 25.1 Å². The fraction of sp³-hybridized carbons (Fsp3) is 0.167. The normalized spacial score (nSPS) is 13.5. The zero-order valence-electron chi connectivity index (χ0n) is 9.07. The summed E-state index contributed by atoms with van der Waals surface area (Å²) in [6.07, 6.45) is 1.06. The molecule has 87 valence electrons. The molecule has 1 aromatic rings. The molecular formula is C12H9FNO3. The van der Waals surface area contributed by atoms with Gasteiger partial charge in [0.15, 0.2) is 11.5 Å². The lowest BCUT2D eigenvalue weighted by atomic mass is 10.0. The van der Waals surface area contributed by atoms with Crippen LogP contribution in [0.4, 0.5) is 10.1 Å². The minimum atomic E-state index is -0.657. The first kappa shape index (κ1) is 11.3. The van der Waals surface area contributed by atoms with Gasteiger partial charge >= 0.3 is 5.97 Å². The molecule has 0 N–H and O–H groups in total. The molecule has 0 saturated carbocycles. The lowest BCUT2D eigenvalue weighted by molar-refractivity contribution is -0.138. The van der Waals surface area contributed by atoms with Gasteiger partial charge in [-0.15, -0.1) is 0 Å². The average Bonchev–Trinajstić information content (AvgIpc) is 2.30. The lowest BCUT2D eigenvalue weighted by Crippen LogP contribution is -2.20. The molecule has 17 heavy (non-hydrogen) atoms. The van der Waals surface area contributed by atoms with Gasteiger partial charge in [-0.1, -0.05) is 0 Å². The highest BCUT2D eigenvalue weighted by molar-refractivity contribution is 6.13. The van der Waals surface area contributed by atoms with Crippen LogP contribution in [0.15, 0.2) is 30.0 Å². The molecule has 5 heteroatoms. The van der Waals surface area contributed by atoms with E-state index in [2.05, 4.69) is 5.32 Å². The van der Waals surface area contributed by atoms with Crippen LogP contribution in [0.3, 0.4) is 0 Å². The Kier molecular flexibility index (Phi) is 2.91. The predicted molar refractivity (Wildman–Crippen MR) is 57.2 cm³/mol. The van der Waals surface area contributed by atoms with Crippen LogP contribution in [0, 0.1) is 5.82 Å². The third-order valence-corrected chi connectivity index (χ3v) is 2.22. The summed E-state index contributed by atoms with van der Waals surface area (Å²) in [5.41, 5.74) is 0.371. The highest BCUT2D eigenvalue weighted by atomic mass is 19.1. The molecule has 0 amide bonds. The number of halogens is 1. The van der Waals surface area contributed by atoms with Crippen molar-refractivity contribution in [2.75, 3.05) is 6.61 Å². The number of benzene rings is 1. The number of ketones is 1. The Labute approximate surface area is 97.1 Å². The maximum Gasteiger partial charge on any atom is 0.357 e. The number of hydrogen-bond donors (Lipinski definition) is 0. The molecule has 1 aromatic carbocycles. The number of fused-ring (bicyclic) bond motifs is 1. The van der Waals surface area contributed by atoms with E-state index in [-0.39, 0.29) is 23.6 Å². The Balaban J connectivity index is 2.33. The third kappa shape index (κ3) is 2.18. The van der Waals surface area contributed by atoms with Gasteiger partial charge < -0.3 is 4.74 Å². The Morgan fingerprint density at radius 1 is 1.47 bits per heavy atom. The van der Waals surface area contributed by atoms with E-state index in [0.717, 1.165) is 12.1 Å². The quantitative estimate of drug-likeness (QED) is 0.732. The summed E-state index contributed by atoms with van der Waals surface area (Å²) in [5, 5.41) is 3.95. The minimum Gasteiger partial charge on any atom is -0.461 e. The number of ether oxygens (including phenoxy) is 1. The van der Waals surface area contributed by atoms with Crippen molar-refractivity contribution in [2.24, 2.45) is 0 Å². The molecule has 1 aliphatic heterocycles. The van der Waals surface area contributed by atoms with E-state index in [1.54, 1.807) is 6.92 Å². The van der Waals surface area contributed by atoms with Gasteiger partial charge in [-0.3, -0.25) is 4.79 Å². The summed E-state index contributed by atoms with van der Waals surface area (Å²) in [6.45, 7) is 1.86. The molecule has 0 bridgehead atoms. The first-order valence-corrected chi connectivity index (χ1v) is 5.06. The topological polar surface area (TPSA) is 57.5 Å². The van der Waals surface area contributed by atoms with E-state index >= 15 is 0 Å². The second kappa shape index (κ2) is 4.37. The molecule has 0 saturated heterocycles. The average molecular weight is 234 g/mol. The summed E-state index contributed by atoms with van der Waals surface area (Å²) >= 11 is 0. The number of carbonyl (C=O) groups excluding carboxylic acids is 2. The van der Waals surface area contributed by atoms with E-state index in [0.29, 0.717) is 0 Å². The predicted octanol–water partition coefficient (Wildman–Crippen LogP) is 1.70. The fourth-order valence-corrected chi connectivity index (χ4v) is 1.48. The van der Waals surface area contributed by atoms with E-state index < -0.39 is 17.6 Å². The molecule has 4 nitrogen and oxygen atoms in total. The van der Waals surface area contributed by atoms with E-state index in [1.165, 1.54) is 12.1 Å². The van der Waals surface area contributed by atoms with Gasteiger partial charge in [0.1, 0.15) is 5.82 Å². The third-order valence-electron chi connectivity index (χ3n) is 2.22. The molecule has 0 aliphatic carbocycles. The van der Waals surface area contributed by atoms with Gasteiger partial charge in [0, 0.05) is 6.08 Å². The standard InChI is InChI=1S/C12H9FNO3/c1-2-17-12(16)10-6-11(15)8-5-7(13)3-4-9(8)14-10/h3-6H,2H2,1H3. The highest BCUT2D eigenvalue weighted by Gasteiger charge is 2.24. The molecule has 1 aliphatic rings. The van der Waals surface area contributed by atoms with Crippen molar-refractivity contribution >= 4 is 17.4 Å². The summed E-state index contributed by atoms with van der Waals surface area (Å²) in [7, 11) is 0. The maximum absolute atomic E-state index is 12.9. The largest absolute Gasteiger partial charge is 0.461 e. The Hall–Kier alpha value is -2.17. The first-order chi connectivity index (χ1) is 8.11. The Bertz CT molecular complexity index is 522. The Morgan fingerprint density at radius 2 is 2.24 bits per heavy atom. The summed E-state index contributed by atoms with van der Waals surface area (Å²) < 4.78 is 17.7. The zero-order chi connectivity index (χ0) is 12.4. The van der Waals surface area contributed by atoms with Crippen LogP contribution >= 0.6 is 0 Å². The van der Waals surface area contributed by atoms with Crippen molar-refractivity contribution in [3.05, 3.63) is 41.4 Å². The van der Waals surface area contributed by atoms with E-state index in [4.69, 9.17) is 4.74 Å². The van der Waals surface area contributed by atoms with Crippen LogP contribution in [-0.2, 0) is 9.53 Å². The summed E-state index contributed by atoms with van der Waals surface area (Å²) in [4.78, 5) is 23.1. The minimum absolute atomic E-state index is 0.0593. The molecule has 0 unspecified atom stereocenters. The number of nitrogens with zero attached hydrogens (tertiary/aromatic N) is 1. The van der Waals surface area contributed by atoms with Crippen molar-refractivity contribution < 1.29 is 18.7 Å². The number of allylic oxidation sites excluding steroid dienone is 1. The molecule has 2 rings (SSSR count). The van der Waals surface area contributed by atoms with Gasteiger partial charge in [0.05, 0.1) is 17.9 Å². The molecular weight excluding hydrogens is 225 g/mol. The molecule has 0 fully saturated rings. The molecule has 0 aromatic heterocycles. The maximum atomic E-state index is 12.9. The van der Waals surface area contributed by atoms with Crippen molar-refractivity contribution in [3.63, 3.8) is 0 Å². The molecule has 1 heterocycles. The van der Waals surface area contributed by atoms with E-state index in [9.17, 15) is 14.0 Å². The smallest absolute Gasteiger partial charge is 0.357 e. The van der Waals surface area contributed by atoms with Crippen LogP contribution < -0.4 is 5.32 Å². The lowest BCUT2D eigenvalue weighted by Gasteiger charge is -2.14. The Morgan fingerprint density at radius 3 is 2.94 bits per heavy atom. The summed E-state index contributed by atoms with van der Waals surface area (Å²) in [6, 6.07) is 3.64. The number of hydrogen-bond acceptors (Lipinski definition) is 3.